The standard InChI is InChI=1S/C13H26N2/c1-5-6-14-8-12(3)10-15-9-11(2)7-13(15)4/h11,13-14H,3,5-10H2,1-2,4H3. The maximum Gasteiger partial charge on any atom is 0.0205 e. The zero-order valence-corrected chi connectivity index (χ0v) is 10.6. The van der Waals surface area contributed by atoms with Gasteiger partial charge in [-0.1, -0.05) is 20.4 Å². The summed E-state index contributed by atoms with van der Waals surface area (Å²) in [6.07, 6.45) is 2.54. The first-order valence-electron chi connectivity index (χ1n) is 6.24. The maximum absolute atomic E-state index is 4.15. The zero-order chi connectivity index (χ0) is 11.3. The van der Waals surface area contributed by atoms with Crippen LogP contribution in [-0.4, -0.2) is 37.1 Å². The molecule has 2 nitrogen and oxygen atoms in total. The van der Waals surface area contributed by atoms with Gasteiger partial charge in [-0.2, -0.15) is 0 Å². The summed E-state index contributed by atoms with van der Waals surface area (Å²) in [5.74, 6) is 0.858. The van der Waals surface area contributed by atoms with Gasteiger partial charge in [0.2, 0.25) is 0 Å². The summed E-state index contributed by atoms with van der Waals surface area (Å²) >= 11 is 0. The van der Waals surface area contributed by atoms with Crippen molar-refractivity contribution in [3.63, 3.8) is 0 Å². The highest BCUT2D eigenvalue weighted by atomic mass is 15.2. The molecular weight excluding hydrogens is 184 g/mol. The van der Waals surface area contributed by atoms with E-state index in [1.807, 2.05) is 0 Å². The van der Waals surface area contributed by atoms with Crippen molar-refractivity contribution in [3.8, 4) is 0 Å². The normalized spacial score (nSPS) is 27.1. The Hall–Kier alpha value is -0.340. The lowest BCUT2D eigenvalue weighted by Gasteiger charge is -2.22. The van der Waals surface area contributed by atoms with E-state index in [0.717, 1.165) is 31.6 Å². The molecular formula is C13H26N2. The number of hydrogen-bond acceptors (Lipinski definition) is 2. The Kier molecular flexibility index (Phi) is 5.34. The minimum atomic E-state index is 0.739. The Morgan fingerprint density at radius 1 is 1.47 bits per heavy atom. The van der Waals surface area contributed by atoms with Crippen LogP contribution < -0.4 is 5.32 Å². The molecule has 0 radical (unpaired) electrons. The van der Waals surface area contributed by atoms with Crippen LogP contribution in [-0.2, 0) is 0 Å². The van der Waals surface area contributed by atoms with Gasteiger partial charge in [0.15, 0.2) is 0 Å². The summed E-state index contributed by atoms with van der Waals surface area (Å²) in [5, 5.41) is 3.41. The van der Waals surface area contributed by atoms with Crippen LogP contribution in [0.2, 0.25) is 0 Å². The van der Waals surface area contributed by atoms with Crippen molar-refractivity contribution >= 4 is 0 Å². The molecule has 1 fully saturated rings. The lowest BCUT2D eigenvalue weighted by atomic mass is 10.1. The Morgan fingerprint density at radius 3 is 2.73 bits per heavy atom. The van der Waals surface area contributed by atoms with Crippen molar-refractivity contribution in [1.29, 1.82) is 0 Å². The van der Waals surface area contributed by atoms with E-state index in [1.165, 1.54) is 25.0 Å². The second-order valence-electron chi connectivity index (χ2n) is 5.05. The monoisotopic (exact) mass is 210 g/mol. The molecule has 2 atom stereocenters. The van der Waals surface area contributed by atoms with E-state index in [2.05, 4.69) is 37.6 Å². The molecule has 1 aliphatic heterocycles. The van der Waals surface area contributed by atoms with E-state index in [-0.39, 0.29) is 0 Å². The molecule has 2 heteroatoms. The van der Waals surface area contributed by atoms with Crippen LogP contribution in [0.15, 0.2) is 12.2 Å². The van der Waals surface area contributed by atoms with Crippen LogP contribution in [0.5, 0.6) is 0 Å². The topological polar surface area (TPSA) is 15.3 Å². The molecule has 0 aromatic heterocycles. The van der Waals surface area contributed by atoms with Gasteiger partial charge in [-0.3, -0.25) is 4.90 Å². The summed E-state index contributed by atoms with van der Waals surface area (Å²) in [4.78, 5) is 2.56. The van der Waals surface area contributed by atoms with E-state index >= 15 is 0 Å². The Bertz CT molecular complexity index is 201. The van der Waals surface area contributed by atoms with E-state index in [0.29, 0.717) is 0 Å². The highest BCUT2D eigenvalue weighted by Gasteiger charge is 2.25. The second kappa shape index (κ2) is 6.29. The van der Waals surface area contributed by atoms with Crippen molar-refractivity contribution in [2.45, 2.75) is 39.7 Å². The fourth-order valence-electron chi connectivity index (χ4n) is 2.39. The molecule has 88 valence electrons. The van der Waals surface area contributed by atoms with Crippen molar-refractivity contribution < 1.29 is 0 Å². The molecule has 0 aromatic carbocycles. The Labute approximate surface area is 94.7 Å². The summed E-state index contributed by atoms with van der Waals surface area (Å²) in [6.45, 7) is 15.4. The van der Waals surface area contributed by atoms with Gasteiger partial charge in [0, 0.05) is 25.7 Å². The van der Waals surface area contributed by atoms with Crippen molar-refractivity contribution in [1.82, 2.24) is 10.2 Å². The number of nitrogens with zero attached hydrogens (tertiary/aromatic N) is 1. The summed E-state index contributed by atoms with van der Waals surface area (Å²) < 4.78 is 0. The van der Waals surface area contributed by atoms with Crippen LogP contribution in [0, 0.1) is 5.92 Å². The average molecular weight is 210 g/mol. The van der Waals surface area contributed by atoms with Crippen LogP contribution in [0.25, 0.3) is 0 Å². The predicted molar refractivity (Wildman–Crippen MR) is 67.1 cm³/mol. The molecule has 0 amide bonds. The minimum Gasteiger partial charge on any atom is -0.313 e. The van der Waals surface area contributed by atoms with Crippen LogP contribution in [0.1, 0.15) is 33.6 Å². The van der Waals surface area contributed by atoms with E-state index in [9.17, 15) is 0 Å². The van der Waals surface area contributed by atoms with Gasteiger partial charge in [0.25, 0.3) is 0 Å². The van der Waals surface area contributed by atoms with Gasteiger partial charge in [-0.15, -0.1) is 0 Å². The first-order valence-corrected chi connectivity index (χ1v) is 6.24. The Balaban J connectivity index is 2.20. The van der Waals surface area contributed by atoms with Gasteiger partial charge in [0.05, 0.1) is 0 Å². The van der Waals surface area contributed by atoms with Crippen molar-refractivity contribution in [2.75, 3.05) is 26.2 Å². The highest BCUT2D eigenvalue weighted by Crippen LogP contribution is 2.22. The van der Waals surface area contributed by atoms with Crippen molar-refractivity contribution in [2.24, 2.45) is 5.92 Å². The molecule has 15 heavy (non-hydrogen) atoms. The van der Waals surface area contributed by atoms with Crippen LogP contribution >= 0.6 is 0 Å². The number of hydrogen-bond donors (Lipinski definition) is 1. The van der Waals surface area contributed by atoms with Gasteiger partial charge < -0.3 is 5.32 Å². The third-order valence-electron chi connectivity index (χ3n) is 3.14. The molecule has 0 saturated carbocycles. The van der Waals surface area contributed by atoms with Crippen molar-refractivity contribution in [3.05, 3.63) is 12.2 Å². The zero-order valence-electron chi connectivity index (χ0n) is 10.6. The quantitative estimate of drug-likeness (QED) is 0.534. The minimum absolute atomic E-state index is 0.739. The molecule has 0 bridgehead atoms. The summed E-state index contributed by atoms with van der Waals surface area (Å²) in [7, 11) is 0. The fourth-order valence-corrected chi connectivity index (χ4v) is 2.39. The molecule has 1 saturated heterocycles. The molecule has 1 rings (SSSR count). The lowest BCUT2D eigenvalue weighted by molar-refractivity contribution is 0.286. The summed E-state index contributed by atoms with van der Waals surface area (Å²) in [6, 6.07) is 0.739. The SMILES string of the molecule is C=C(CNCCC)CN1CC(C)CC1C. The number of likely N-dealkylation sites (tertiary alicyclic amines) is 1. The number of rotatable bonds is 6. The maximum atomic E-state index is 4.15. The van der Waals surface area contributed by atoms with Gasteiger partial charge in [-0.05, 0) is 37.8 Å². The lowest BCUT2D eigenvalue weighted by Crippen LogP contribution is -2.31. The molecule has 0 aliphatic carbocycles. The molecule has 0 spiro atoms. The number of nitrogens with one attached hydrogen (secondary N) is 1. The fraction of sp³-hybridized carbons (Fsp3) is 0.846. The van der Waals surface area contributed by atoms with E-state index < -0.39 is 0 Å². The third kappa shape index (κ3) is 4.35. The smallest absolute Gasteiger partial charge is 0.0205 e. The van der Waals surface area contributed by atoms with Gasteiger partial charge in [0.1, 0.15) is 0 Å². The Morgan fingerprint density at radius 2 is 2.20 bits per heavy atom. The third-order valence-corrected chi connectivity index (χ3v) is 3.14. The average Bonchev–Trinajstić information content (AvgIpc) is 2.45. The molecule has 1 heterocycles. The first-order chi connectivity index (χ1) is 7.13. The van der Waals surface area contributed by atoms with E-state index in [1.54, 1.807) is 0 Å². The molecule has 1 N–H and O–H groups in total. The van der Waals surface area contributed by atoms with Gasteiger partial charge >= 0.3 is 0 Å². The highest BCUT2D eigenvalue weighted by molar-refractivity contribution is 5.01. The molecule has 2 unspecified atom stereocenters. The second-order valence-corrected chi connectivity index (χ2v) is 5.05. The summed E-state index contributed by atoms with van der Waals surface area (Å²) in [5.41, 5.74) is 1.32. The molecule has 1 aliphatic rings. The van der Waals surface area contributed by atoms with Crippen LogP contribution in [0.4, 0.5) is 0 Å². The molecule has 0 aromatic rings. The van der Waals surface area contributed by atoms with Crippen LogP contribution in [0.3, 0.4) is 0 Å². The predicted octanol–water partition coefficient (Wildman–Crippen LogP) is 2.27. The largest absolute Gasteiger partial charge is 0.313 e. The van der Waals surface area contributed by atoms with E-state index in [4.69, 9.17) is 0 Å². The van der Waals surface area contributed by atoms with Gasteiger partial charge in [-0.25, -0.2) is 0 Å². The first kappa shape index (κ1) is 12.7.